The van der Waals surface area contributed by atoms with Gasteiger partial charge in [-0.15, -0.1) is 0 Å². The van der Waals surface area contributed by atoms with Gasteiger partial charge >= 0.3 is 17.9 Å². The largest absolute Gasteiger partial charge is 0.508 e. The zero-order valence-corrected chi connectivity index (χ0v) is 84.1. The molecule has 55 heteroatoms. The summed E-state index contributed by atoms with van der Waals surface area (Å²) < 4.78 is 0. The number of thiol groups is 1. The second-order valence-electron chi connectivity index (χ2n) is 36.1. The van der Waals surface area contributed by atoms with Crippen LogP contribution in [0.4, 0.5) is 0 Å². The van der Waals surface area contributed by atoms with Crippen molar-refractivity contribution in [2.24, 2.45) is 29.0 Å². The number of carbonyl (C=O) groups excluding carboxylic acids is 21. The van der Waals surface area contributed by atoms with E-state index in [9.17, 15) is 156 Å². The van der Waals surface area contributed by atoms with Gasteiger partial charge in [-0.25, -0.2) is 4.79 Å². The fourth-order valence-electron chi connectivity index (χ4n) is 14.8. The lowest BCUT2D eigenvalue weighted by molar-refractivity contribution is -0.143. The first-order valence-electron chi connectivity index (χ1n) is 47.5. The van der Waals surface area contributed by atoms with E-state index in [2.05, 4.69) is 108 Å². The molecule has 21 amide bonds. The fourth-order valence-corrected chi connectivity index (χ4v) is 15.0. The monoisotopic (exact) mass is 2120 g/mol. The molecule has 4 aromatic rings. The van der Waals surface area contributed by atoms with Crippen LogP contribution in [0.15, 0.2) is 109 Å². The van der Waals surface area contributed by atoms with Gasteiger partial charge in [0.25, 0.3) is 0 Å². The minimum Gasteiger partial charge on any atom is -0.508 e. The lowest BCUT2D eigenvalue weighted by Crippen LogP contribution is -2.62. The number of hydrogen-bond donors (Lipinski definition) is 30. The number of aliphatic hydroxyl groups excluding tert-OH is 3. The number of carbonyl (C=O) groups is 24. The zero-order valence-electron chi connectivity index (χ0n) is 83.2. The van der Waals surface area contributed by atoms with E-state index >= 15 is 0 Å². The number of aromatic hydroxyl groups is 2. The standard InChI is InChI=1S/C95H132N22O32S/c1-45(2)75(92(145)112-65(42-118)81(134)100-41-72(126)104-66(43-119)88(141)108-62(38-70(98)124)87(140)115-76(46(3)4)91(144)111-64(95(148)149)37-52-18-13-10-14-19-52)114-79(132)48(6)101-71(125)40-99-78(131)47(5)102-89(142)67(44-150)113-85(138)60(35-53-21-25-55(121)26-22-53)107-84(137)61(36-54-23-27-56(122)28-24-54)110-93(146)77(50(8)120)116-80(133)49(7)103-83(136)59(34-51-16-11-9-12-17-51)106-86(139)63(39-74(129)130)109-82(135)58(30-32-73(127)128)105-90(143)68-20-15-33-117(68)94(147)57(96)29-31-69(97)123/h9-14,16-19,21-28,45-50,57-68,75-77,118-122,150H,15,20,29-44,96H2,1-8H3,(H2,97,123)(H2,98,124)(H,99,131)(H,100,134)(H,101,125)(H,102,142)(H,103,136)(H,104,126)(H,105,143)(H,106,139)(H,107,137)(H,108,141)(H,109,135)(H,110,146)(H,111,144)(H,112,145)(H,113,138)(H,114,132)(H,115,140)(H,116,133)(H,127,128)(H,129,130)(H,148,149)/t47-,48-,49-,50+,57-,58-,59-,60-,61-,62-,63-,64-,65-,66-,67-,68-,75-,76-,77-/m0/s1. The highest BCUT2D eigenvalue weighted by Gasteiger charge is 2.43. The van der Waals surface area contributed by atoms with Crippen LogP contribution in [0.5, 0.6) is 11.5 Å². The molecule has 32 N–H and O–H groups in total. The molecule has 0 bridgehead atoms. The molecule has 150 heavy (non-hydrogen) atoms. The summed E-state index contributed by atoms with van der Waals surface area (Å²) in [6.07, 6.45) is -6.80. The van der Waals surface area contributed by atoms with Gasteiger partial charge in [-0.3, -0.25) is 110 Å². The number of hydrogen-bond acceptors (Lipinski definition) is 31. The Morgan fingerprint density at radius 2 is 0.720 bits per heavy atom. The number of aliphatic carboxylic acids is 3. The van der Waals surface area contributed by atoms with Crippen molar-refractivity contribution in [2.75, 3.05) is 38.6 Å². The smallest absolute Gasteiger partial charge is 0.326 e. The van der Waals surface area contributed by atoms with E-state index in [1.54, 1.807) is 48.5 Å². The number of likely N-dealkylation sites (tertiary alicyclic amines) is 1. The number of aliphatic hydroxyl groups is 3. The summed E-state index contributed by atoms with van der Waals surface area (Å²) in [5.74, 6) is -29.9. The Morgan fingerprint density at radius 1 is 0.360 bits per heavy atom. The number of nitrogens with one attached hydrogen (secondary N) is 18. The molecule has 5 rings (SSSR count). The minimum atomic E-state index is -2.08. The van der Waals surface area contributed by atoms with Gasteiger partial charge in [0.15, 0.2) is 0 Å². The van der Waals surface area contributed by atoms with Crippen LogP contribution in [-0.4, -0.2) is 341 Å². The van der Waals surface area contributed by atoms with Crippen molar-refractivity contribution in [1.82, 2.24) is 101 Å². The second kappa shape index (κ2) is 61.5. The van der Waals surface area contributed by atoms with Gasteiger partial charge in [0.1, 0.15) is 114 Å². The number of primary amides is 2. The topological polar surface area (TPSA) is 869 Å². The van der Waals surface area contributed by atoms with Crippen LogP contribution in [0, 0.1) is 11.8 Å². The Balaban J connectivity index is 1.21. The van der Waals surface area contributed by atoms with E-state index in [4.69, 9.17) is 17.2 Å². The Labute approximate surface area is 865 Å². The average Bonchev–Trinajstić information content (AvgIpc) is 1.63. The number of nitrogens with two attached hydrogens (primary N) is 3. The predicted molar refractivity (Wildman–Crippen MR) is 529 cm³/mol. The normalized spacial score (nSPS) is 15.7. The van der Waals surface area contributed by atoms with Crippen molar-refractivity contribution in [1.29, 1.82) is 0 Å². The summed E-state index contributed by atoms with van der Waals surface area (Å²) in [5, 5.41) is 123. The van der Waals surface area contributed by atoms with Crippen LogP contribution in [-0.2, 0) is 141 Å². The van der Waals surface area contributed by atoms with Crippen LogP contribution in [0.25, 0.3) is 0 Å². The van der Waals surface area contributed by atoms with E-state index in [-0.39, 0.29) is 61.3 Å². The van der Waals surface area contributed by atoms with Gasteiger partial charge in [-0.05, 0) is 112 Å². The van der Waals surface area contributed by atoms with Crippen molar-refractivity contribution in [2.45, 2.75) is 247 Å². The summed E-state index contributed by atoms with van der Waals surface area (Å²) in [4.78, 5) is 324. The van der Waals surface area contributed by atoms with Crippen LogP contribution in [0.2, 0.25) is 0 Å². The number of rotatable bonds is 62. The van der Waals surface area contributed by atoms with Crippen LogP contribution in [0.3, 0.4) is 0 Å². The first kappa shape index (κ1) is 124. The summed E-state index contributed by atoms with van der Waals surface area (Å²) in [7, 11) is 0. The second-order valence-corrected chi connectivity index (χ2v) is 36.4. The Hall–Kier alpha value is -16.0. The molecule has 0 aliphatic carbocycles. The number of phenolic OH excluding ortho intramolecular Hbond substituents is 2. The molecule has 4 aromatic carbocycles. The zero-order chi connectivity index (χ0) is 112. The number of amides is 21. The molecule has 0 aromatic heterocycles. The van der Waals surface area contributed by atoms with Gasteiger partial charge in [0.05, 0.1) is 51.3 Å². The highest BCUT2D eigenvalue weighted by Crippen LogP contribution is 2.22. The molecule has 1 heterocycles. The molecule has 1 fully saturated rings. The Morgan fingerprint density at radius 3 is 1.17 bits per heavy atom. The quantitative estimate of drug-likeness (QED) is 0.0183. The lowest BCUT2D eigenvalue weighted by atomic mass is 10.0. The van der Waals surface area contributed by atoms with Crippen LogP contribution < -0.4 is 113 Å². The molecule has 1 saturated heterocycles. The van der Waals surface area contributed by atoms with Crippen molar-refractivity contribution >= 4 is 155 Å². The molecule has 54 nitrogen and oxygen atoms in total. The number of benzene rings is 4. The SMILES string of the molecule is CC(C)[C@H](NC(=O)[C@H](C)NC(=O)CNC(=O)[C@H](C)NC(=O)[C@H](CS)NC(=O)[C@H](Cc1ccc(O)cc1)NC(=O)[C@H](Cc1ccc(O)cc1)NC(=O)[C@@H](NC(=O)[C@H](C)NC(=O)[C@H](Cc1ccccc1)NC(=O)[C@H](CC(=O)O)NC(=O)[C@H](CCC(=O)O)NC(=O)[C@@H]1CCCN1C(=O)[C@@H](N)CCC(N)=O)[C@@H](C)O)C(=O)N[C@@H](CO)C(=O)NCC(=O)N[C@@H](CO)C(=O)N[C@@H](CC(N)=O)C(=O)N[C@H](C(=O)N[C@@H](Cc1ccccc1)C(=O)O)C(C)C. The van der Waals surface area contributed by atoms with Gasteiger partial charge < -0.3 is 159 Å². The third-order valence-electron chi connectivity index (χ3n) is 23.2. The molecule has 0 radical (unpaired) electrons. The summed E-state index contributed by atoms with van der Waals surface area (Å²) in [5.41, 5.74) is 18.0. The van der Waals surface area contributed by atoms with E-state index < -0.39 is 346 Å². The number of phenols is 2. The third kappa shape index (κ3) is 42.1. The minimum absolute atomic E-state index is 0.0244. The first-order chi connectivity index (χ1) is 70.6. The molecule has 1 aliphatic heterocycles. The maximum Gasteiger partial charge on any atom is 0.326 e. The van der Waals surface area contributed by atoms with E-state index in [1.807, 2.05) is 0 Å². The molecule has 19 atom stereocenters. The average molecular weight is 2130 g/mol. The maximum atomic E-state index is 14.9. The Kier molecular flexibility index (Phi) is 51.0. The number of carboxylic acids is 3. The summed E-state index contributed by atoms with van der Waals surface area (Å²) in [6.45, 7) is 6.37. The van der Waals surface area contributed by atoms with Gasteiger partial charge in [0, 0.05) is 50.8 Å². The molecular weight excluding hydrogens is 1990 g/mol. The lowest BCUT2D eigenvalue weighted by Gasteiger charge is -2.29. The maximum absolute atomic E-state index is 14.9. The highest BCUT2D eigenvalue weighted by atomic mass is 32.1. The van der Waals surface area contributed by atoms with Crippen LogP contribution >= 0.6 is 12.6 Å². The highest BCUT2D eigenvalue weighted by molar-refractivity contribution is 7.80. The van der Waals surface area contributed by atoms with E-state index in [1.165, 1.54) is 102 Å². The Bertz CT molecular complexity index is 5440. The molecule has 0 saturated carbocycles. The van der Waals surface area contributed by atoms with E-state index in [0.29, 0.717) is 11.1 Å². The van der Waals surface area contributed by atoms with E-state index in [0.717, 1.165) is 18.7 Å². The van der Waals surface area contributed by atoms with Gasteiger partial charge in [-0.1, -0.05) is 113 Å². The molecule has 1 aliphatic rings. The van der Waals surface area contributed by atoms with Crippen molar-refractivity contribution in [3.05, 3.63) is 131 Å². The summed E-state index contributed by atoms with van der Waals surface area (Å²) in [6, 6.07) is -3.50. The van der Waals surface area contributed by atoms with Crippen molar-refractivity contribution < 1.29 is 156 Å². The third-order valence-corrected chi connectivity index (χ3v) is 23.5. The molecule has 820 valence electrons. The molecule has 0 spiro atoms. The molecule has 0 unspecified atom stereocenters. The van der Waals surface area contributed by atoms with Gasteiger partial charge in [-0.2, -0.15) is 12.6 Å². The van der Waals surface area contributed by atoms with Crippen molar-refractivity contribution in [3.63, 3.8) is 0 Å². The van der Waals surface area contributed by atoms with Crippen molar-refractivity contribution in [3.8, 4) is 11.5 Å². The number of carboxylic acid groups (broad SMARTS) is 3. The first-order valence-corrected chi connectivity index (χ1v) is 48.1. The predicted octanol–water partition coefficient (Wildman–Crippen LogP) is -10.1. The molecular formula is C95H132N22O32S. The fraction of sp³-hybridized carbons (Fsp3) is 0.495. The van der Waals surface area contributed by atoms with Crippen LogP contribution in [0.1, 0.15) is 129 Å². The van der Waals surface area contributed by atoms with Gasteiger partial charge in [0.2, 0.25) is 124 Å². The summed E-state index contributed by atoms with van der Waals surface area (Å²) >= 11 is 4.24. The number of nitrogens with zero attached hydrogens (tertiary/aromatic N) is 1.